The highest BCUT2D eigenvalue weighted by Crippen LogP contribution is 2.28. The van der Waals surface area contributed by atoms with E-state index in [1.807, 2.05) is 36.0 Å². The molecule has 0 fully saturated rings. The largest absolute Gasteiger partial charge is 0.382 e. The van der Waals surface area contributed by atoms with Crippen LogP contribution >= 0.6 is 11.6 Å². The van der Waals surface area contributed by atoms with Gasteiger partial charge in [-0.3, -0.25) is 4.68 Å². The van der Waals surface area contributed by atoms with Gasteiger partial charge in [-0.25, -0.2) is 0 Å². The first-order valence-corrected chi connectivity index (χ1v) is 5.58. The molecule has 0 saturated carbocycles. The molecule has 0 amide bonds. The Morgan fingerprint density at radius 2 is 1.94 bits per heavy atom. The minimum atomic E-state index is 0.606. The molecule has 0 saturated heterocycles. The molecule has 1 aromatic carbocycles. The van der Waals surface area contributed by atoms with Crippen LogP contribution in [0.5, 0.6) is 0 Å². The fourth-order valence-electron chi connectivity index (χ4n) is 1.91. The highest BCUT2D eigenvalue weighted by Gasteiger charge is 2.13. The van der Waals surface area contributed by atoms with Crippen LogP contribution in [-0.2, 0) is 13.5 Å². The summed E-state index contributed by atoms with van der Waals surface area (Å²) in [6.45, 7) is 2.08. The molecule has 0 aliphatic rings. The van der Waals surface area contributed by atoms with Crippen molar-refractivity contribution >= 4 is 17.4 Å². The molecule has 16 heavy (non-hydrogen) atoms. The Kier molecular flexibility index (Phi) is 2.88. The number of hydrogen-bond acceptors (Lipinski definition) is 2. The molecule has 84 valence electrons. The van der Waals surface area contributed by atoms with E-state index in [1.54, 1.807) is 0 Å². The summed E-state index contributed by atoms with van der Waals surface area (Å²) < 4.78 is 1.82. The second kappa shape index (κ2) is 4.18. The summed E-state index contributed by atoms with van der Waals surface area (Å²) in [5, 5.41) is 4.98. The van der Waals surface area contributed by atoms with Crippen molar-refractivity contribution in [3.63, 3.8) is 0 Å². The zero-order chi connectivity index (χ0) is 11.7. The molecule has 0 atom stereocenters. The lowest BCUT2D eigenvalue weighted by molar-refractivity contribution is 0.779. The van der Waals surface area contributed by atoms with Crippen LogP contribution < -0.4 is 5.73 Å². The minimum absolute atomic E-state index is 0.606. The van der Waals surface area contributed by atoms with Gasteiger partial charge in [0.25, 0.3) is 0 Å². The summed E-state index contributed by atoms with van der Waals surface area (Å²) in [5.74, 6) is 0.606. The molecule has 2 rings (SSSR count). The van der Waals surface area contributed by atoms with E-state index in [1.165, 1.54) is 0 Å². The lowest BCUT2D eigenvalue weighted by Gasteiger charge is -2.05. The number of aromatic nitrogens is 2. The van der Waals surface area contributed by atoms with Gasteiger partial charge in [-0.15, -0.1) is 0 Å². The molecule has 0 bridgehead atoms. The Morgan fingerprint density at radius 1 is 1.31 bits per heavy atom. The Balaban J connectivity index is 2.59. The van der Waals surface area contributed by atoms with Crippen LogP contribution in [0.4, 0.5) is 5.82 Å². The Hall–Kier alpha value is -1.48. The van der Waals surface area contributed by atoms with Gasteiger partial charge in [-0.05, 0) is 18.6 Å². The summed E-state index contributed by atoms with van der Waals surface area (Å²) in [6, 6.07) is 7.72. The van der Waals surface area contributed by atoms with Crippen molar-refractivity contribution in [2.45, 2.75) is 13.3 Å². The van der Waals surface area contributed by atoms with Crippen molar-refractivity contribution in [2.75, 3.05) is 5.73 Å². The molecule has 0 aliphatic carbocycles. The molecule has 1 heterocycles. The third-order valence-electron chi connectivity index (χ3n) is 2.65. The van der Waals surface area contributed by atoms with Crippen molar-refractivity contribution in [2.24, 2.45) is 7.05 Å². The van der Waals surface area contributed by atoms with Crippen LogP contribution in [0.3, 0.4) is 0 Å². The zero-order valence-electron chi connectivity index (χ0n) is 9.37. The average molecular weight is 236 g/mol. The molecule has 4 heteroatoms. The molecule has 2 N–H and O–H groups in total. The number of hydrogen-bond donors (Lipinski definition) is 1. The predicted octanol–water partition coefficient (Wildman–Crippen LogP) is 2.89. The van der Waals surface area contributed by atoms with Gasteiger partial charge >= 0.3 is 0 Å². The van der Waals surface area contributed by atoms with Crippen LogP contribution in [0.1, 0.15) is 12.5 Å². The number of anilines is 1. The molecule has 1 aromatic heterocycles. The van der Waals surface area contributed by atoms with Crippen LogP contribution in [0, 0.1) is 0 Å². The second-order valence-corrected chi connectivity index (χ2v) is 4.13. The van der Waals surface area contributed by atoms with Crippen LogP contribution in [0.15, 0.2) is 24.3 Å². The second-order valence-electron chi connectivity index (χ2n) is 3.70. The quantitative estimate of drug-likeness (QED) is 0.870. The normalized spacial score (nSPS) is 10.7. The highest BCUT2D eigenvalue weighted by molar-refractivity contribution is 6.30. The summed E-state index contributed by atoms with van der Waals surface area (Å²) in [5.41, 5.74) is 9.11. The third-order valence-corrected chi connectivity index (χ3v) is 2.90. The first-order valence-electron chi connectivity index (χ1n) is 5.20. The Bertz CT molecular complexity index is 500. The number of nitrogen functional groups attached to an aromatic ring is 1. The van der Waals surface area contributed by atoms with Crippen LogP contribution in [-0.4, -0.2) is 9.78 Å². The van der Waals surface area contributed by atoms with Crippen LogP contribution in [0.2, 0.25) is 5.02 Å². The van der Waals surface area contributed by atoms with Gasteiger partial charge in [0.15, 0.2) is 0 Å². The van der Waals surface area contributed by atoms with Gasteiger partial charge in [-0.2, -0.15) is 5.10 Å². The predicted molar refractivity (Wildman–Crippen MR) is 67.4 cm³/mol. The fraction of sp³-hybridized carbons (Fsp3) is 0.250. The van der Waals surface area contributed by atoms with E-state index in [2.05, 4.69) is 12.0 Å². The Labute approximate surface area is 99.8 Å². The molecule has 0 radical (unpaired) electrons. The molecule has 3 nitrogen and oxygen atoms in total. The van der Waals surface area contributed by atoms with Crippen LogP contribution in [0.25, 0.3) is 11.3 Å². The minimum Gasteiger partial charge on any atom is -0.382 e. The van der Waals surface area contributed by atoms with E-state index in [0.29, 0.717) is 5.82 Å². The van der Waals surface area contributed by atoms with Crippen molar-refractivity contribution in [1.29, 1.82) is 0 Å². The average Bonchev–Trinajstić information content (AvgIpc) is 2.54. The third kappa shape index (κ3) is 1.78. The summed E-state index contributed by atoms with van der Waals surface area (Å²) in [7, 11) is 1.90. The van der Waals surface area contributed by atoms with E-state index < -0.39 is 0 Å². The SMILES string of the molecule is CCc1c(N)nn(C)c1-c1ccc(Cl)cc1. The van der Waals surface area contributed by atoms with E-state index >= 15 is 0 Å². The molecular formula is C12H14ClN3. The zero-order valence-corrected chi connectivity index (χ0v) is 10.1. The molecular weight excluding hydrogens is 222 g/mol. The van der Waals surface area contributed by atoms with E-state index in [0.717, 1.165) is 28.3 Å². The molecule has 0 aliphatic heterocycles. The monoisotopic (exact) mass is 235 g/mol. The van der Waals surface area contributed by atoms with Gasteiger partial charge in [0.05, 0.1) is 5.69 Å². The number of nitrogens with two attached hydrogens (primary N) is 1. The molecule has 0 spiro atoms. The number of nitrogens with zero attached hydrogens (tertiary/aromatic N) is 2. The fourth-order valence-corrected chi connectivity index (χ4v) is 2.03. The number of aryl methyl sites for hydroxylation is 1. The molecule has 2 aromatic rings. The summed E-state index contributed by atoms with van der Waals surface area (Å²) >= 11 is 5.87. The smallest absolute Gasteiger partial charge is 0.149 e. The van der Waals surface area contributed by atoms with Gasteiger partial charge in [-0.1, -0.05) is 30.7 Å². The number of halogens is 1. The lowest BCUT2D eigenvalue weighted by Crippen LogP contribution is -1.95. The van der Waals surface area contributed by atoms with Crippen molar-refractivity contribution < 1.29 is 0 Å². The lowest BCUT2D eigenvalue weighted by atomic mass is 10.1. The number of benzene rings is 1. The van der Waals surface area contributed by atoms with Gasteiger partial charge in [0.1, 0.15) is 5.82 Å². The van der Waals surface area contributed by atoms with E-state index in [-0.39, 0.29) is 0 Å². The maximum atomic E-state index is 5.87. The van der Waals surface area contributed by atoms with Gasteiger partial charge < -0.3 is 5.73 Å². The van der Waals surface area contributed by atoms with E-state index in [4.69, 9.17) is 17.3 Å². The maximum absolute atomic E-state index is 5.87. The standard InChI is InChI=1S/C12H14ClN3/c1-3-10-11(16(2)15-12(10)14)8-4-6-9(13)7-5-8/h4-7H,3H2,1-2H3,(H2,14,15). The first-order chi connectivity index (χ1) is 7.63. The van der Waals surface area contributed by atoms with Crippen molar-refractivity contribution in [3.8, 4) is 11.3 Å². The highest BCUT2D eigenvalue weighted by atomic mass is 35.5. The van der Waals surface area contributed by atoms with Crippen molar-refractivity contribution in [1.82, 2.24) is 9.78 Å². The van der Waals surface area contributed by atoms with Crippen molar-refractivity contribution in [3.05, 3.63) is 34.9 Å². The summed E-state index contributed by atoms with van der Waals surface area (Å²) in [4.78, 5) is 0. The van der Waals surface area contributed by atoms with Gasteiger partial charge in [0.2, 0.25) is 0 Å². The van der Waals surface area contributed by atoms with E-state index in [9.17, 15) is 0 Å². The summed E-state index contributed by atoms with van der Waals surface area (Å²) in [6.07, 6.45) is 0.873. The number of rotatable bonds is 2. The van der Waals surface area contributed by atoms with Gasteiger partial charge in [0, 0.05) is 23.2 Å². The first kappa shape index (κ1) is 11.0. The Morgan fingerprint density at radius 3 is 2.50 bits per heavy atom. The molecule has 0 unspecified atom stereocenters. The topological polar surface area (TPSA) is 43.8 Å². The maximum Gasteiger partial charge on any atom is 0.149 e.